The zero-order chi connectivity index (χ0) is 18.9. The van der Waals surface area contributed by atoms with E-state index in [1.54, 1.807) is 7.11 Å². The van der Waals surface area contributed by atoms with E-state index in [1.165, 1.54) is 24.6 Å². The van der Waals surface area contributed by atoms with E-state index in [2.05, 4.69) is 25.0 Å². The van der Waals surface area contributed by atoms with Gasteiger partial charge in [-0.15, -0.1) is 10.2 Å². The number of amides is 1. The summed E-state index contributed by atoms with van der Waals surface area (Å²) in [6.07, 6.45) is 3.29. The Morgan fingerprint density at radius 3 is 2.74 bits per heavy atom. The number of hydrogen-bond donors (Lipinski definition) is 1. The number of para-hydroxylation sites is 1. The zero-order valence-electron chi connectivity index (χ0n) is 15.8. The highest BCUT2D eigenvalue weighted by Crippen LogP contribution is 2.23. The Morgan fingerprint density at radius 2 is 2.00 bits per heavy atom. The third-order valence-corrected chi connectivity index (χ3v) is 5.39. The summed E-state index contributed by atoms with van der Waals surface area (Å²) in [5.41, 5.74) is 1.03. The molecule has 1 fully saturated rings. The van der Waals surface area contributed by atoms with Crippen molar-refractivity contribution < 1.29 is 9.53 Å². The van der Waals surface area contributed by atoms with Gasteiger partial charge in [0.2, 0.25) is 5.91 Å². The molecule has 2 aromatic rings. The number of carbonyl (C=O) groups excluding carboxylic acids is 1. The van der Waals surface area contributed by atoms with Crippen molar-refractivity contribution in [2.24, 2.45) is 0 Å². The summed E-state index contributed by atoms with van der Waals surface area (Å²) in [4.78, 5) is 14.5. The number of likely N-dealkylation sites (tertiary alicyclic amines) is 1. The van der Waals surface area contributed by atoms with Crippen molar-refractivity contribution in [3.8, 4) is 5.69 Å². The molecule has 0 atom stereocenters. The first-order chi connectivity index (χ1) is 13.3. The molecule has 1 aliphatic rings. The second-order valence-electron chi connectivity index (χ2n) is 6.54. The van der Waals surface area contributed by atoms with Crippen LogP contribution in [0.25, 0.3) is 5.69 Å². The molecule has 0 unspecified atom stereocenters. The second kappa shape index (κ2) is 10.4. The van der Waals surface area contributed by atoms with Gasteiger partial charge < -0.3 is 10.1 Å². The van der Waals surface area contributed by atoms with Gasteiger partial charge in [-0.1, -0.05) is 30.0 Å². The Labute approximate surface area is 164 Å². The number of nitrogens with zero attached hydrogens (tertiary/aromatic N) is 4. The summed E-state index contributed by atoms with van der Waals surface area (Å²) in [6, 6.07) is 10.1. The lowest BCUT2D eigenvalue weighted by molar-refractivity contribution is -0.118. The number of ether oxygens (including phenoxy) is 1. The maximum Gasteiger partial charge on any atom is 0.230 e. The fraction of sp³-hybridized carbons (Fsp3) is 0.526. The van der Waals surface area contributed by atoms with Crippen molar-refractivity contribution in [2.75, 3.05) is 39.1 Å². The molecule has 1 saturated heterocycles. The highest BCUT2D eigenvalue weighted by molar-refractivity contribution is 7.99. The number of rotatable bonds is 10. The third-order valence-electron chi connectivity index (χ3n) is 4.46. The van der Waals surface area contributed by atoms with Crippen LogP contribution in [-0.2, 0) is 16.1 Å². The van der Waals surface area contributed by atoms with Crippen LogP contribution in [0.1, 0.15) is 25.1 Å². The monoisotopic (exact) mass is 389 g/mol. The van der Waals surface area contributed by atoms with Gasteiger partial charge in [-0.05, 0) is 44.5 Å². The van der Waals surface area contributed by atoms with Crippen molar-refractivity contribution in [3.63, 3.8) is 0 Å². The molecule has 27 heavy (non-hydrogen) atoms. The van der Waals surface area contributed by atoms with Crippen LogP contribution >= 0.6 is 11.8 Å². The number of nitrogens with one attached hydrogen (secondary N) is 1. The topological polar surface area (TPSA) is 72.3 Å². The van der Waals surface area contributed by atoms with Crippen LogP contribution in [0.15, 0.2) is 35.5 Å². The Balaban J connectivity index is 1.67. The van der Waals surface area contributed by atoms with Gasteiger partial charge in [-0.2, -0.15) is 0 Å². The first kappa shape index (κ1) is 19.9. The number of methoxy groups -OCH3 is 1. The minimum Gasteiger partial charge on any atom is -0.385 e. The van der Waals surface area contributed by atoms with E-state index < -0.39 is 0 Å². The van der Waals surface area contributed by atoms with Crippen molar-refractivity contribution in [3.05, 3.63) is 36.2 Å². The molecule has 0 aliphatic carbocycles. The number of carbonyl (C=O) groups is 1. The lowest BCUT2D eigenvalue weighted by Gasteiger charge is -2.15. The van der Waals surface area contributed by atoms with Gasteiger partial charge in [-0.25, -0.2) is 0 Å². The fourth-order valence-corrected chi connectivity index (χ4v) is 3.90. The van der Waals surface area contributed by atoms with Crippen molar-refractivity contribution in [2.45, 2.75) is 31.0 Å². The van der Waals surface area contributed by atoms with Crippen LogP contribution in [0.3, 0.4) is 0 Å². The number of aromatic nitrogens is 3. The first-order valence-corrected chi connectivity index (χ1v) is 10.4. The Morgan fingerprint density at radius 1 is 1.22 bits per heavy atom. The molecule has 0 bridgehead atoms. The van der Waals surface area contributed by atoms with Crippen molar-refractivity contribution in [1.29, 1.82) is 0 Å². The van der Waals surface area contributed by atoms with E-state index in [0.717, 1.165) is 42.7 Å². The molecule has 1 aromatic carbocycles. The van der Waals surface area contributed by atoms with E-state index in [-0.39, 0.29) is 5.91 Å². The van der Waals surface area contributed by atoms with E-state index in [1.807, 2.05) is 30.3 Å². The second-order valence-corrected chi connectivity index (χ2v) is 7.48. The van der Waals surface area contributed by atoms with Crippen molar-refractivity contribution in [1.82, 2.24) is 25.0 Å². The molecule has 2 heterocycles. The average molecular weight is 390 g/mol. The van der Waals surface area contributed by atoms with Gasteiger partial charge in [0.05, 0.1) is 12.3 Å². The van der Waals surface area contributed by atoms with Crippen LogP contribution in [0.5, 0.6) is 0 Å². The average Bonchev–Trinajstić information content (AvgIpc) is 3.34. The SMILES string of the molecule is COCCCNC(=O)CSc1nnc(CN2CCCC2)n1-c1ccccc1. The zero-order valence-corrected chi connectivity index (χ0v) is 16.6. The van der Waals surface area contributed by atoms with Gasteiger partial charge in [0, 0.05) is 25.9 Å². The van der Waals surface area contributed by atoms with Gasteiger partial charge >= 0.3 is 0 Å². The number of thioether (sulfide) groups is 1. The van der Waals surface area contributed by atoms with Gasteiger partial charge in [0.15, 0.2) is 11.0 Å². The third kappa shape index (κ3) is 5.79. The molecule has 7 nitrogen and oxygen atoms in total. The summed E-state index contributed by atoms with van der Waals surface area (Å²) in [5.74, 6) is 1.24. The number of benzene rings is 1. The molecular weight excluding hydrogens is 362 g/mol. The molecule has 146 valence electrons. The molecule has 3 rings (SSSR count). The lowest BCUT2D eigenvalue weighted by atomic mass is 10.3. The highest BCUT2D eigenvalue weighted by atomic mass is 32.2. The van der Waals surface area contributed by atoms with Gasteiger partial charge in [-0.3, -0.25) is 14.3 Å². The molecule has 1 aromatic heterocycles. The van der Waals surface area contributed by atoms with Gasteiger partial charge in [0.25, 0.3) is 0 Å². The predicted octanol–water partition coefficient (Wildman–Crippen LogP) is 2.11. The van der Waals surface area contributed by atoms with E-state index in [0.29, 0.717) is 18.9 Å². The molecule has 0 saturated carbocycles. The smallest absolute Gasteiger partial charge is 0.230 e. The molecule has 8 heteroatoms. The summed E-state index contributed by atoms with van der Waals surface area (Å²) >= 11 is 1.42. The summed E-state index contributed by atoms with van der Waals surface area (Å²) in [5, 5.41) is 12.4. The van der Waals surface area contributed by atoms with Crippen molar-refractivity contribution >= 4 is 17.7 Å². The first-order valence-electron chi connectivity index (χ1n) is 9.38. The number of hydrogen-bond acceptors (Lipinski definition) is 6. The molecule has 1 aliphatic heterocycles. The predicted molar refractivity (Wildman–Crippen MR) is 106 cm³/mol. The van der Waals surface area contributed by atoms with Crippen LogP contribution in [0.4, 0.5) is 0 Å². The highest BCUT2D eigenvalue weighted by Gasteiger charge is 2.19. The Kier molecular flexibility index (Phi) is 7.67. The maximum atomic E-state index is 12.1. The minimum absolute atomic E-state index is 0.000178. The molecular formula is C19H27N5O2S. The van der Waals surface area contributed by atoms with Crippen LogP contribution in [-0.4, -0.2) is 64.7 Å². The standard InChI is InChI=1S/C19H27N5O2S/c1-26-13-7-10-20-18(25)15-27-19-22-21-17(14-23-11-5-6-12-23)24(19)16-8-3-2-4-9-16/h2-4,8-9H,5-7,10-15H2,1H3,(H,20,25). The Bertz CT molecular complexity index is 716. The Hall–Kier alpha value is -1.90. The summed E-state index contributed by atoms with van der Waals surface area (Å²) in [7, 11) is 1.66. The summed E-state index contributed by atoms with van der Waals surface area (Å²) in [6.45, 7) is 4.27. The van der Waals surface area contributed by atoms with Crippen LogP contribution < -0.4 is 5.32 Å². The van der Waals surface area contributed by atoms with E-state index in [9.17, 15) is 4.79 Å². The normalized spacial score (nSPS) is 14.6. The quantitative estimate of drug-likeness (QED) is 0.496. The molecule has 1 N–H and O–H groups in total. The maximum absolute atomic E-state index is 12.1. The van der Waals surface area contributed by atoms with Crippen LogP contribution in [0.2, 0.25) is 0 Å². The van der Waals surface area contributed by atoms with Crippen LogP contribution in [0, 0.1) is 0 Å². The largest absolute Gasteiger partial charge is 0.385 e. The minimum atomic E-state index is -0.000178. The lowest BCUT2D eigenvalue weighted by Crippen LogP contribution is -2.27. The molecule has 1 amide bonds. The summed E-state index contributed by atoms with van der Waals surface area (Å²) < 4.78 is 7.06. The molecule has 0 spiro atoms. The van der Waals surface area contributed by atoms with Gasteiger partial charge in [0.1, 0.15) is 0 Å². The fourth-order valence-electron chi connectivity index (χ4n) is 3.10. The van der Waals surface area contributed by atoms with E-state index >= 15 is 0 Å². The molecule has 0 radical (unpaired) electrons. The van der Waals surface area contributed by atoms with E-state index in [4.69, 9.17) is 4.74 Å².